The molecule has 2 saturated heterocycles. The van der Waals surface area contributed by atoms with Gasteiger partial charge in [-0.2, -0.15) is 0 Å². The highest BCUT2D eigenvalue weighted by molar-refractivity contribution is 5.32. The lowest BCUT2D eigenvalue weighted by Crippen LogP contribution is -2.47. The number of benzene rings is 1. The highest BCUT2D eigenvalue weighted by atomic mass is 19.1. The van der Waals surface area contributed by atoms with E-state index in [2.05, 4.69) is 5.32 Å². The van der Waals surface area contributed by atoms with Crippen molar-refractivity contribution in [3.8, 4) is 5.75 Å². The van der Waals surface area contributed by atoms with Gasteiger partial charge in [0.15, 0.2) is 0 Å². The minimum Gasteiger partial charge on any atom is -0.508 e. The van der Waals surface area contributed by atoms with Gasteiger partial charge in [-0.1, -0.05) is 18.2 Å². The summed E-state index contributed by atoms with van der Waals surface area (Å²) >= 11 is 0. The number of phenolic OH excluding ortho intramolecular Hbond substituents is 1. The van der Waals surface area contributed by atoms with Crippen LogP contribution in [0.15, 0.2) is 24.3 Å². The molecule has 0 spiro atoms. The first kappa shape index (κ1) is 11.0. The minimum absolute atomic E-state index is 0.0158. The number of nitrogens with one attached hydrogen (secondary N) is 1. The molecule has 0 aromatic heterocycles. The van der Waals surface area contributed by atoms with E-state index in [1.807, 2.05) is 12.1 Å². The third-order valence-corrected chi connectivity index (χ3v) is 4.21. The Bertz CT molecular complexity index is 409. The fraction of sp³-hybridized carbons (Fsp3) is 0.571. The molecule has 3 rings (SSSR count). The average Bonchev–Trinajstić information content (AvgIpc) is 2.70. The monoisotopic (exact) mass is 235 g/mol. The Hall–Kier alpha value is -1.09. The number of halogens is 1. The maximum atomic E-state index is 14.1. The smallest absolute Gasteiger partial charge is 0.118 e. The largest absolute Gasteiger partial charge is 0.508 e. The third-order valence-electron chi connectivity index (χ3n) is 4.21. The molecule has 1 aromatic rings. The molecule has 0 radical (unpaired) electrons. The normalized spacial score (nSPS) is 36.1. The maximum Gasteiger partial charge on any atom is 0.118 e. The standard InChI is InChI=1S/C14H18FNO/c15-12-8-10-5-6-13(16-10)11(12)7-9-3-1-2-4-14(9)17/h1-4,10-13,16-17H,5-8H2. The molecule has 2 N–H and O–H groups in total. The Morgan fingerprint density at radius 1 is 1.29 bits per heavy atom. The molecule has 1 aromatic carbocycles. The van der Waals surface area contributed by atoms with Crippen LogP contribution in [0.5, 0.6) is 5.75 Å². The molecule has 2 aliphatic heterocycles. The summed E-state index contributed by atoms with van der Waals surface area (Å²) in [6.45, 7) is 0. The van der Waals surface area contributed by atoms with Crippen molar-refractivity contribution in [1.82, 2.24) is 5.32 Å². The first-order chi connectivity index (χ1) is 8.24. The lowest BCUT2D eigenvalue weighted by Gasteiger charge is -2.33. The van der Waals surface area contributed by atoms with Gasteiger partial charge < -0.3 is 10.4 Å². The number of piperidine rings is 1. The molecule has 4 unspecified atom stereocenters. The van der Waals surface area contributed by atoms with Crippen molar-refractivity contribution in [2.45, 2.75) is 43.9 Å². The zero-order valence-corrected chi connectivity index (χ0v) is 9.77. The van der Waals surface area contributed by atoms with E-state index in [-0.39, 0.29) is 5.92 Å². The lowest BCUT2D eigenvalue weighted by molar-refractivity contribution is 0.135. The Balaban J connectivity index is 1.78. The molecule has 0 aliphatic carbocycles. The van der Waals surface area contributed by atoms with Crippen LogP contribution in [-0.4, -0.2) is 23.4 Å². The van der Waals surface area contributed by atoms with Gasteiger partial charge in [0.2, 0.25) is 0 Å². The number of aromatic hydroxyl groups is 1. The van der Waals surface area contributed by atoms with Crippen molar-refractivity contribution in [2.75, 3.05) is 0 Å². The Morgan fingerprint density at radius 3 is 2.94 bits per heavy atom. The fourth-order valence-corrected chi connectivity index (χ4v) is 3.28. The van der Waals surface area contributed by atoms with Gasteiger partial charge >= 0.3 is 0 Å². The molecule has 92 valence electrons. The topological polar surface area (TPSA) is 32.3 Å². The van der Waals surface area contributed by atoms with Crippen LogP contribution in [0.1, 0.15) is 24.8 Å². The van der Waals surface area contributed by atoms with Gasteiger partial charge in [-0.3, -0.25) is 0 Å². The Labute approximate surface area is 101 Å². The maximum absolute atomic E-state index is 14.1. The molecular weight excluding hydrogens is 217 g/mol. The van der Waals surface area contributed by atoms with Crippen LogP contribution in [0.2, 0.25) is 0 Å². The third kappa shape index (κ3) is 2.04. The second-order valence-corrected chi connectivity index (χ2v) is 5.30. The van der Waals surface area contributed by atoms with Gasteiger partial charge in [0.25, 0.3) is 0 Å². The second-order valence-electron chi connectivity index (χ2n) is 5.30. The van der Waals surface area contributed by atoms with E-state index in [0.29, 0.717) is 30.7 Å². The van der Waals surface area contributed by atoms with Gasteiger partial charge in [0.05, 0.1) is 0 Å². The summed E-state index contributed by atoms with van der Waals surface area (Å²) in [6, 6.07) is 7.95. The summed E-state index contributed by atoms with van der Waals surface area (Å²) in [5.74, 6) is 0.307. The van der Waals surface area contributed by atoms with Crippen LogP contribution in [0, 0.1) is 5.92 Å². The van der Waals surface area contributed by atoms with Crippen molar-refractivity contribution in [3.05, 3.63) is 29.8 Å². The molecule has 0 amide bonds. The quantitative estimate of drug-likeness (QED) is 0.825. The van der Waals surface area contributed by atoms with Crippen LogP contribution < -0.4 is 5.32 Å². The van der Waals surface area contributed by atoms with E-state index in [9.17, 15) is 9.50 Å². The Kier molecular flexibility index (Phi) is 2.79. The summed E-state index contributed by atoms with van der Waals surface area (Å²) in [5, 5.41) is 13.2. The average molecular weight is 235 g/mol. The van der Waals surface area contributed by atoms with Gasteiger partial charge in [0.1, 0.15) is 11.9 Å². The van der Waals surface area contributed by atoms with Crippen LogP contribution in [-0.2, 0) is 6.42 Å². The van der Waals surface area contributed by atoms with Crippen LogP contribution in [0.4, 0.5) is 4.39 Å². The van der Waals surface area contributed by atoms with Crippen LogP contribution in [0.25, 0.3) is 0 Å². The number of phenols is 1. The van der Waals surface area contributed by atoms with Crippen molar-refractivity contribution < 1.29 is 9.50 Å². The van der Waals surface area contributed by atoms with Gasteiger partial charge in [-0.25, -0.2) is 4.39 Å². The zero-order valence-electron chi connectivity index (χ0n) is 9.77. The number of hydrogen-bond donors (Lipinski definition) is 2. The zero-order chi connectivity index (χ0) is 11.8. The highest BCUT2D eigenvalue weighted by Crippen LogP contribution is 2.36. The van der Waals surface area contributed by atoms with Gasteiger partial charge in [0, 0.05) is 18.0 Å². The van der Waals surface area contributed by atoms with Gasteiger partial charge in [-0.05, 0) is 37.3 Å². The SMILES string of the molecule is Oc1ccccc1CC1C(F)CC2CCC1N2. The van der Waals surface area contributed by atoms with E-state index < -0.39 is 6.17 Å². The molecule has 2 aliphatic rings. The van der Waals surface area contributed by atoms with E-state index in [1.165, 1.54) is 0 Å². The van der Waals surface area contributed by atoms with Crippen molar-refractivity contribution >= 4 is 0 Å². The number of alkyl halides is 1. The number of fused-ring (bicyclic) bond motifs is 2. The van der Waals surface area contributed by atoms with E-state index >= 15 is 0 Å². The molecule has 3 heteroatoms. The molecular formula is C14H18FNO. The van der Waals surface area contributed by atoms with Crippen molar-refractivity contribution in [3.63, 3.8) is 0 Å². The summed E-state index contributed by atoms with van der Waals surface area (Å²) in [6.07, 6.45) is 2.71. The predicted molar refractivity (Wildman–Crippen MR) is 64.8 cm³/mol. The molecule has 4 atom stereocenters. The molecule has 2 bridgehead atoms. The summed E-state index contributed by atoms with van der Waals surface area (Å²) < 4.78 is 14.1. The predicted octanol–water partition coefficient (Wildman–Crippen LogP) is 2.41. The summed E-state index contributed by atoms with van der Waals surface area (Å²) in [5.41, 5.74) is 0.868. The van der Waals surface area contributed by atoms with Crippen LogP contribution in [0.3, 0.4) is 0 Å². The molecule has 2 fully saturated rings. The Morgan fingerprint density at radius 2 is 2.12 bits per heavy atom. The molecule has 2 heterocycles. The fourth-order valence-electron chi connectivity index (χ4n) is 3.28. The molecule has 17 heavy (non-hydrogen) atoms. The highest BCUT2D eigenvalue weighted by Gasteiger charge is 2.41. The first-order valence-electron chi connectivity index (χ1n) is 6.41. The van der Waals surface area contributed by atoms with Crippen LogP contribution >= 0.6 is 0 Å². The second kappa shape index (κ2) is 4.30. The van der Waals surface area contributed by atoms with E-state index in [4.69, 9.17) is 0 Å². The molecule has 2 nitrogen and oxygen atoms in total. The summed E-state index contributed by atoms with van der Waals surface area (Å²) in [4.78, 5) is 0. The van der Waals surface area contributed by atoms with Gasteiger partial charge in [-0.15, -0.1) is 0 Å². The summed E-state index contributed by atoms with van der Waals surface area (Å²) in [7, 11) is 0. The van der Waals surface area contributed by atoms with Crippen molar-refractivity contribution in [1.29, 1.82) is 0 Å². The van der Waals surface area contributed by atoms with Crippen molar-refractivity contribution in [2.24, 2.45) is 5.92 Å². The number of para-hydroxylation sites is 1. The molecule has 0 saturated carbocycles. The number of rotatable bonds is 2. The van der Waals surface area contributed by atoms with E-state index in [0.717, 1.165) is 18.4 Å². The number of hydrogen-bond acceptors (Lipinski definition) is 2. The lowest BCUT2D eigenvalue weighted by atomic mass is 9.85. The van der Waals surface area contributed by atoms with E-state index in [1.54, 1.807) is 12.1 Å². The minimum atomic E-state index is -0.728. The first-order valence-corrected chi connectivity index (χ1v) is 6.41.